The third-order valence-electron chi connectivity index (χ3n) is 6.97. The fraction of sp³-hybridized carbons (Fsp3) is 0.370. The summed E-state index contributed by atoms with van der Waals surface area (Å²) >= 11 is 0. The monoisotopic (exact) mass is 447 g/mol. The number of nitrogens with zero attached hydrogens (tertiary/aromatic N) is 1. The standard InChI is InChI=1S/C27H29NO5/c1-30-22-10-8-21(9-11-22)28-19-24(25(29)31-2)23(20-6-4-3-5-7-20)18-26(28)12-14-27(15-13-26)32-16-17-33-27/h3-11,18-19H,12-17H2,1-2H3. The molecule has 2 fully saturated rings. The normalized spacial score (nSPS) is 21.0. The minimum absolute atomic E-state index is 0.322. The molecule has 1 aliphatic carbocycles. The Morgan fingerprint density at radius 1 is 0.909 bits per heavy atom. The minimum atomic E-state index is -0.482. The van der Waals surface area contributed by atoms with Crippen molar-refractivity contribution in [3.8, 4) is 5.75 Å². The predicted molar refractivity (Wildman–Crippen MR) is 126 cm³/mol. The molecule has 6 nitrogen and oxygen atoms in total. The van der Waals surface area contributed by atoms with Crippen molar-refractivity contribution in [2.45, 2.75) is 37.0 Å². The Morgan fingerprint density at radius 2 is 1.58 bits per heavy atom. The summed E-state index contributed by atoms with van der Waals surface area (Å²) in [5.41, 5.74) is 3.11. The maximum absolute atomic E-state index is 12.9. The van der Waals surface area contributed by atoms with Crippen LogP contribution in [0.5, 0.6) is 5.75 Å². The molecule has 1 saturated carbocycles. The molecule has 172 valence electrons. The van der Waals surface area contributed by atoms with Crippen molar-refractivity contribution < 1.29 is 23.7 Å². The zero-order chi connectivity index (χ0) is 22.9. The molecule has 0 atom stereocenters. The van der Waals surface area contributed by atoms with Gasteiger partial charge in [-0.25, -0.2) is 4.79 Å². The molecular weight excluding hydrogens is 418 g/mol. The van der Waals surface area contributed by atoms with Gasteiger partial charge in [0.2, 0.25) is 0 Å². The number of carbonyl (C=O) groups is 1. The molecule has 0 N–H and O–H groups in total. The van der Waals surface area contributed by atoms with Crippen LogP contribution in [-0.4, -0.2) is 44.7 Å². The second-order valence-electron chi connectivity index (χ2n) is 8.74. The van der Waals surface area contributed by atoms with E-state index in [0.717, 1.165) is 48.3 Å². The van der Waals surface area contributed by atoms with Crippen LogP contribution < -0.4 is 9.64 Å². The Bertz CT molecular complexity index is 1060. The van der Waals surface area contributed by atoms with Crippen molar-refractivity contribution in [3.05, 3.63) is 78.0 Å². The Kier molecular flexibility index (Phi) is 5.72. The van der Waals surface area contributed by atoms with Gasteiger partial charge in [-0.3, -0.25) is 0 Å². The SMILES string of the molecule is COC(=O)C1=CN(c2ccc(OC)cc2)C2(C=C1c1ccccc1)CCC1(CC2)OCCO1. The van der Waals surface area contributed by atoms with E-state index in [1.54, 1.807) is 7.11 Å². The van der Waals surface area contributed by atoms with Gasteiger partial charge in [-0.05, 0) is 54.3 Å². The fourth-order valence-electron chi connectivity index (χ4n) is 5.18. The highest BCUT2D eigenvalue weighted by Gasteiger charge is 2.49. The van der Waals surface area contributed by atoms with Crippen LogP contribution in [-0.2, 0) is 19.0 Å². The first-order valence-corrected chi connectivity index (χ1v) is 11.4. The summed E-state index contributed by atoms with van der Waals surface area (Å²) in [4.78, 5) is 15.1. The van der Waals surface area contributed by atoms with Crippen molar-refractivity contribution in [1.82, 2.24) is 0 Å². The van der Waals surface area contributed by atoms with Crippen LogP contribution >= 0.6 is 0 Å². The molecule has 0 aromatic heterocycles. The molecule has 2 aromatic carbocycles. The summed E-state index contributed by atoms with van der Waals surface area (Å²) in [5, 5.41) is 0. The molecule has 0 amide bonds. The van der Waals surface area contributed by atoms with Crippen LogP contribution in [0.3, 0.4) is 0 Å². The van der Waals surface area contributed by atoms with Gasteiger partial charge in [0.1, 0.15) is 5.75 Å². The molecule has 0 unspecified atom stereocenters. The van der Waals surface area contributed by atoms with Gasteiger partial charge in [0, 0.05) is 24.7 Å². The number of rotatable bonds is 4. The quantitative estimate of drug-likeness (QED) is 0.633. The van der Waals surface area contributed by atoms with Crippen molar-refractivity contribution >= 4 is 17.2 Å². The summed E-state index contributed by atoms with van der Waals surface area (Å²) in [6, 6.07) is 18.0. The third kappa shape index (κ3) is 3.94. The smallest absolute Gasteiger partial charge is 0.339 e. The number of carbonyl (C=O) groups excluding carboxylic acids is 1. The van der Waals surface area contributed by atoms with Gasteiger partial charge < -0.3 is 23.8 Å². The zero-order valence-electron chi connectivity index (χ0n) is 19.1. The van der Waals surface area contributed by atoms with E-state index in [1.807, 2.05) is 60.8 Å². The summed E-state index contributed by atoms with van der Waals surface area (Å²) < 4.78 is 22.5. The fourth-order valence-corrected chi connectivity index (χ4v) is 5.18. The second kappa shape index (κ2) is 8.69. The molecule has 0 radical (unpaired) electrons. The van der Waals surface area contributed by atoms with Gasteiger partial charge in [0.15, 0.2) is 5.79 Å². The van der Waals surface area contributed by atoms with E-state index in [2.05, 4.69) is 11.0 Å². The van der Waals surface area contributed by atoms with E-state index in [9.17, 15) is 4.79 Å². The van der Waals surface area contributed by atoms with Gasteiger partial charge in [0.25, 0.3) is 0 Å². The lowest BCUT2D eigenvalue weighted by Crippen LogP contribution is -2.53. The van der Waals surface area contributed by atoms with Gasteiger partial charge in [0.05, 0.1) is 38.5 Å². The van der Waals surface area contributed by atoms with Crippen LogP contribution in [0.2, 0.25) is 0 Å². The first-order valence-electron chi connectivity index (χ1n) is 11.4. The topological polar surface area (TPSA) is 57.2 Å². The molecular formula is C27H29NO5. The molecule has 1 saturated heterocycles. The summed E-state index contributed by atoms with van der Waals surface area (Å²) in [6.07, 6.45) is 7.45. The zero-order valence-corrected chi connectivity index (χ0v) is 19.1. The number of anilines is 1. The first-order chi connectivity index (χ1) is 16.1. The molecule has 0 bridgehead atoms. The molecule has 2 heterocycles. The van der Waals surface area contributed by atoms with Crippen molar-refractivity contribution in [2.75, 3.05) is 32.3 Å². The summed E-state index contributed by atoms with van der Waals surface area (Å²) in [6.45, 7) is 1.29. The number of hydrogen-bond acceptors (Lipinski definition) is 6. The summed E-state index contributed by atoms with van der Waals surface area (Å²) in [5.74, 6) is -0.0461. The van der Waals surface area contributed by atoms with E-state index in [0.29, 0.717) is 18.8 Å². The molecule has 3 aliphatic rings. The highest BCUT2D eigenvalue weighted by molar-refractivity contribution is 6.08. The number of hydrogen-bond donors (Lipinski definition) is 0. The Balaban J connectivity index is 1.61. The lowest BCUT2D eigenvalue weighted by Gasteiger charge is -2.50. The lowest BCUT2D eigenvalue weighted by atomic mass is 9.73. The molecule has 6 heteroatoms. The van der Waals surface area contributed by atoms with Crippen LogP contribution in [0, 0.1) is 0 Å². The average Bonchev–Trinajstić information content (AvgIpc) is 3.34. The second-order valence-corrected chi connectivity index (χ2v) is 8.74. The molecule has 5 rings (SSSR count). The molecule has 2 aromatic rings. The van der Waals surface area contributed by atoms with E-state index in [-0.39, 0.29) is 11.5 Å². The van der Waals surface area contributed by atoms with Crippen molar-refractivity contribution in [1.29, 1.82) is 0 Å². The van der Waals surface area contributed by atoms with Gasteiger partial charge in [-0.1, -0.05) is 30.3 Å². The number of methoxy groups -OCH3 is 2. The van der Waals surface area contributed by atoms with Gasteiger partial charge in [-0.2, -0.15) is 0 Å². The highest BCUT2D eigenvalue weighted by Crippen LogP contribution is 2.49. The Hall–Kier alpha value is -3.09. The molecule has 2 aliphatic heterocycles. The van der Waals surface area contributed by atoms with Crippen LogP contribution in [0.15, 0.2) is 72.4 Å². The van der Waals surface area contributed by atoms with Gasteiger partial charge in [-0.15, -0.1) is 0 Å². The summed E-state index contributed by atoms with van der Waals surface area (Å²) in [7, 11) is 3.08. The maximum Gasteiger partial charge on any atom is 0.339 e. The van der Waals surface area contributed by atoms with Gasteiger partial charge >= 0.3 is 5.97 Å². The minimum Gasteiger partial charge on any atom is -0.497 e. The average molecular weight is 448 g/mol. The largest absolute Gasteiger partial charge is 0.497 e. The Morgan fingerprint density at radius 3 is 2.18 bits per heavy atom. The maximum atomic E-state index is 12.9. The van der Waals surface area contributed by atoms with E-state index in [1.165, 1.54) is 7.11 Å². The van der Waals surface area contributed by atoms with Crippen LogP contribution in [0.1, 0.15) is 31.2 Å². The lowest BCUT2D eigenvalue weighted by molar-refractivity contribution is -0.181. The molecule has 2 spiro atoms. The van der Waals surface area contributed by atoms with E-state index < -0.39 is 5.79 Å². The third-order valence-corrected chi connectivity index (χ3v) is 6.97. The first kappa shape index (κ1) is 21.7. The number of esters is 1. The predicted octanol–water partition coefficient (Wildman–Crippen LogP) is 4.71. The van der Waals surface area contributed by atoms with Crippen LogP contribution in [0.25, 0.3) is 5.57 Å². The van der Waals surface area contributed by atoms with Crippen LogP contribution in [0.4, 0.5) is 5.69 Å². The van der Waals surface area contributed by atoms with E-state index in [4.69, 9.17) is 18.9 Å². The highest BCUT2D eigenvalue weighted by atomic mass is 16.7. The number of benzene rings is 2. The van der Waals surface area contributed by atoms with Crippen molar-refractivity contribution in [3.63, 3.8) is 0 Å². The molecule has 33 heavy (non-hydrogen) atoms. The number of ether oxygens (including phenoxy) is 4. The Labute approximate surface area is 194 Å². The van der Waals surface area contributed by atoms with E-state index >= 15 is 0 Å². The van der Waals surface area contributed by atoms with Crippen molar-refractivity contribution in [2.24, 2.45) is 0 Å².